The van der Waals surface area contributed by atoms with E-state index >= 15 is 0 Å². The molecule has 1 fully saturated rings. The van der Waals surface area contributed by atoms with E-state index in [4.69, 9.17) is 14.3 Å². The summed E-state index contributed by atoms with van der Waals surface area (Å²) < 4.78 is 10.5. The molecular weight excluding hydrogens is 276 g/mol. The number of urea groups is 1. The van der Waals surface area contributed by atoms with Crippen molar-refractivity contribution in [3.63, 3.8) is 0 Å². The van der Waals surface area contributed by atoms with Gasteiger partial charge >= 0.3 is 12.0 Å². The second-order valence-corrected chi connectivity index (χ2v) is 5.17. The highest BCUT2D eigenvalue weighted by Gasteiger charge is 2.21. The van der Waals surface area contributed by atoms with Crippen molar-refractivity contribution in [2.24, 2.45) is 5.92 Å². The Morgan fingerprint density at radius 3 is 2.86 bits per heavy atom. The van der Waals surface area contributed by atoms with Crippen LogP contribution >= 0.6 is 0 Å². The second-order valence-electron chi connectivity index (χ2n) is 5.17. The topological polar surface area (TPSA) is 92.0 Å². The normalized spacial score (nSPS) is 14.0. The predicted molar refractivity (Wildman–Crippen MR) is 74.1 cm³/mol. The number of carboxylic acids is 1. The van der Waals surface area contributed by atoms with E-state index in [-0.39, 0.29) is 18.3 Å². The molecule has 2 amide bonds. The van der Waals surface area contributed by atoms with Crippen molar-refractivity contribution in [3.8, 4) is 0 Å². The average molecular weight is 296 g/mol. The standard InChI is InChI=1S/C14H20N2O5/c1-16(6-7-20-9-10-2-3-10)14(19)15-8-11-4-5-12(21-11)13(17)18/h4-5,10H,2-3,6-9H2,1H3,(H,15,19)(H,17,18). The molecule has 0 atom stereocenters. The first kappa shape index (κ1) is 15.4. The Hall–Kier alpha value is -2.02. The SMILES string of the molecule is CN(CCOCC1CC1)C(=O)NCc1ccc(C(=O)O)o1. The lowest BCUT2D eigenvalue weighted by Gasteiger charge is -2.17. The summed E-state index contributed by atoms with van der Waals surface area (Å²) in [4.78, 5) is 24.0. The molecule has 0 saturated heterocycles. The van der Waals surface area contributed by atoms with E-state index in [1.165, 1.54) is 29.9 Å². The van der Waals surface area contributed by atoms with Crippen LogP contribution in [0, 0.1) is 5.92 Å². The van der Waals surface area contributed by atoms with Crippen molar-refractivity contribution in [2.75, 3.05) is 26.8 Å². The molecule has 1 saturated carbocycles. The van der Waals surface area contributed by atoms with E-state index in [1.54, 1.807) is 7.05 Å². The average Bonchev–Trinajstić information content (AvgIpc) is 3.15. The lowest BCUT2D eigenvalue weighted by molar-refractivity contribution is 0.0660. The van der Waals surface area contributed by atoms with Gasteiger partial charge in [0.15, 0.2) is 0 Å². The quantitative estimate of drug-likeness (QED) is 0.710. The highest BCUT2D eigenvalue weighted by molar-refractivity contribution is 5.84. The van der Waals surface area contributed by atoms with Crippen molar-refractivity contribution in [2.45, 2.75) is 19.4 Å². The van der Waals surface area contributed by atoms with Crippen LogP contribution in [0.3, 0.4) is 0 Å². The Balaban J connectivity index is 1.63. The number of nitrogens with one attached hydrogen (secondary N) is 1. The number of furan rings is 1. The van der Waals surface area contributed by atoms with E-state index in [0.29, 0.717) is 24.8 Å². The third-order valence-electron chi connectivity index (χ3n) is 3.25. The van der Waals surface area contributed by atoms with E-state index in [0.717, 1.165) is 6.61 Å². The van der Waals surface area contributed by atoms with Gasteiger partial charge < -0.3 is 24.5 Å². The van der Waals surface area contributed by atoms with Gasteiger partial charge in [-0.05, 0) is 30.9 Å². The highest BCUT2D eigenvalue weighted by Crippen LogP contribution is 2.28. The number of likely N-dealkylation sites (N-methyl/N-ethyl adjacent to an activating group) is 1. The van der Waals surface area contributed by atoms with E-state index in [2.05, 4.69) is 5.32 Å². The fraction of sp³-hybridized carbons (Fsp3) is 0.571. The molecule has 0 spiro atoms. The summed E-state index contributed by atoms with van der Waals surface area (Å²) in [5.74, 6) is -0.149. The minimum absolute atomic E-state index is 0.138. The molecule has 1 heterocycles. The lowest BCUT2D eigenvalue weighted by Crippen LogP contribution is -2.38. The number of rotatable bonds is 8. The fourth-order valence-corrected chi connectivity index (χ4v) is 1.72. The number of hydrogen-bond acceptors (Lipinski definition) is 4. The van der Waals surface area contributed by atoms with Gasteiger partial charge in [-0.1, -0.05) is 0 Å². The maximum absolute atomic E-state index is 11.8. The van der Waals surface area contributed by atoms with Crippen molar-refractivity contribution in [1.29, 1.82) is 0 Å². The molecule has 116 valence electrons. The number of carboxylic acid groups (broad SMARTS) is 1. The van der Waals surface area contributed by atoms with Gasteiger partial charge in [0, 0.05) is 20.2 Å². The van der Waals surface area contributed by atoms with E-state index in [9.17, 15) is 9.59 Å². The number of nitrogens with zero attached hydrogens (tertiary/aromatic N) is 1. The van der Waals surface area contributed by atoms with E-state index in [1.807, 2.05) is 0 Å². The van der Waals surface area contributed by atoms with Crippen LogP contribution in [-0.4, -0.2) is 48.8 Å². The molecule has 1 aliphatic carbocycles. The van der Waals surface area contributed by atoms with Crippen LogP contribution in [0.25, 0.3) is 0 Å². The van der Waals surface area contributed by atoms with Gasteiger partial charge in [-0.15, -0.1) is 0 Å². The first-order valence-electron chi connectivity index (χ1n) is 6.95. The Kier molecular flexibility index (Phi) is 5.21. The molecule has 7 heteroatoms. The van der Waals surface area contributed by atoms with Crippen LogP contribution in [0.5, 0.6) is 0 Å². The van der Waals surface area contributed by atoms with Crippen molar-refractivity contribution in [1.82, 2.24) is 10.2 Å². The van der Waals surface area contributed by atoms with Crippen LogP contribution in [0.4, 0.5) is 4.79 Å². The van der Waals surface area contributed by atoms with Crippen molar-refractivity contribution >= 4 is 12.0 Å². The summed E-state index contributed by atoms with van der Waals surface area (Å²) in [5, 5.41) is 11.4. The molecule has 0 aliphatic heterocycles. The Morgan fingerprint density at radius 1 is 1.48 bits per heavy atom. The summed E-state index contributed by atoms with van der Waals surface area (Å²) in [5.41, 5.74) is 0. The molecule has 2 rings (SSSR count). The number of aromatic carboxylic acids is 1. The molecule has 1 aromatic heterocycles. The summed E-state index contributed by atoms with van der Waals surface area (Å²) in [7, 11) is 1.68. The highest BCUT2D eigenvalue weighted by atomic mass is 16.5. The Bertz CT molecular complexity index is 495. The monoisotopic (exact) mass is 296 g/mol. The number of carbonyl (C=O) groups is 2. The van der Waals surface area contributed by atoms with Crippen molar-refractivity contribution < 1.29 is 23.8 Å². The fourth-order valence-electron chi connectivity index (χ4n) is 1.72. The zero-order chi connectivity index (χ0) is 15.2. The smallest absolute Gasteiger partial charge is 0.371 e. The van der Waals surface area contributed by atoms with Crippen molar-refractivity contribution in [3.05, 3.63) is 23.7 Å². The number of hydrogen-bond donors (Lipinski definition) is 2. The molecule has 7 nitrogen and oxygen atoms in total. The number of carbonyl (C=O) groups excluding carboxylic acids is 1. The maximum Gasteiger partial charge on any atom is 0.371 e. The second kappa shape index (κ2) is 7.12. The van der Waals surface area contributed by atoms with Gasteiger partial charge in [0.1, 0.15) is 5.76 Å². The van der Waals surface area contributed by atoms with Gasteiger partial charge in [-0.2, -0.15) is 0 Å². The Morgan fingerprint density at radius 2 is 2.24 bits per heavy atom. The first-order chi connectivity index (χ1) is 10.1. The minimum Gasteiger partial charge on any atom is -0.475 e. The largest absolute Gasteiger partial charge is 0.475 e. The molecule has 0 aromatic carbocycles. The molecule has 1 aliphatic rings. The first-order valence-corrected chi connectivity index (χ1v) is 6.95. The Labute approximate surface area is 122 Å². The summed E-state index contributed by atoms with van der Waals surface area (Å²) in [6.45, 7) is 1.96. The molecular formula is C14H20N2O5. The van der Waals surface area contributed by atoms with Gasteiger partial charge in [0.05, 0.1) is 13.2 Å². The van der Waals surface area contributed by atoms with Crippen LogP contribution in [-0.2, 0) is 11.3 Å². The minimum atomic E-state index is -1.13. The van der Waals surface area contributed by atoms with Crippen LogP contribution in [0.1, 0.15) is 29.2 Å². The summed E-state index contributed by atoms with van der Waals surface area (Å²) in [6, 6.07) is 2.64. The molecule has 0 radical (unpaired) electrons. The third-order valence-corrected chi connectivity index (χ3v) is 3.25. The predicted octanol–water partition coefficient (Wildman–Crippen LogP) is 1.55. The molecule has 21 heavy (non-hydrogen) atoms. The zero-order valence-electron chi connectivity index (χ0n) is 12.0. The van der Waals surface area contributed by atoms with Crippen LogP contribution in [0.15, 0.2) is 16.5 Å². The van der Waals surface area contributed by atoms with Gasteiger partial charge in [-0.25, -0.2) is 9.59 Å². The molecule has 0 unspecified atom stereocenters. The van der Waals surface area contributed by atoms with E-state index < -0.39 is 5.97 Å². The number of ether oxygens (including phenoxy) is 1. The lowest BCUT2D eigenvalue weighted by atomic mass is 10.4. The molecule has 1 aromatic rings. The summed E-state index contributed by atoms with van der Waals surface area (Å²) in [6.07, 6.45) is 2.50. The van der Waals surface area contributed by atoms with Crippen LogP contribution < -0.4 is 5.32 Å². The molecule has 0 bridgehead atoms. The van der Waals surface area contributed by atoms with Gasteiger partial charge in [0.25, 0.3) is 0 Å². The maximum atomic E-state index is 11.8. The third kappa shape index (κ3) is 5.11. The summed E-state index contributed by atoms with van der Waals surface area (Å²) >= 11 is 0. The zero-order valence-corrected chi connectivity index (χ0v) is 12.0. The van der Waals surface area contributed by atoms with Crippen LogP contribution in [0.2, 0.25) is 0 Å². The van der Waals surface area contributed by atoms with Gasteiger partial charge in [0.2, 0.25) is 5.76 Å². The van der Waals surface area contributed by atoms with Gasteiger partial charge in [-0.3, -0.25) is 0 Å². The number of amides is 2. The molecule has 2 N–H and O–H groups in total.